The Bertz CT molecular complexity index is 1780. The monoisotopic (exact) mass is 768 g/mol. The Balaban J connectivity index is 1.59. The molecule has 3 aromatic rings. The fourth-order valence-corrected chi connectivity index (χ4v) is 6.77. The second-order valence-corrected chi connectivity index (χ2v) is 15.1. The molecule has 0 spiro atoms. The molecule has 4 rings (SSSR count). The molecule has 284 valence electrons. The highest BCUT2D eigenvalue weighted by Crippen LogP contribution is 2.31. The number of amides is 3. The van der Waals surface area contributed by atoms with E-state index in [4.69, 9.17) is 21.1 Å². The number of aliphatic hydroxyl groups is 1. The van der Waals surface area contributed by atoms with Gasteiger partial charge >= 0.3 is 12.2 Å². The summed E-state index contributed by atoms with van der Waals surface area (Å²) in [6.45, 7) is 5.51. The molecule has 3 N–H and O–H groups in total. The van der Waals surface area contributed by atoms with Gasteiger partial charge in [-0.2, -0.15) is 13.2 Å². The molecule has 52 heavy (non-hydrogen) atoms. The van der Waals surface area contributed by atoms with Gasteiger partial charge in [-0.1, -0.05) is 18.5 Å². The van der Waals surface area contributed by atoms with Gasteiger partial charge in [0.05, 0.1) is 40.9 Å². The quantitative estimate of drug-likeness (QED) is 0.222. The standard InChI is InChI=1S/C36H44ClF3N4O7S/c1-23-20-44(24(2)22-45)34(46)31-19-29(42-52(48,49)30-15-10-27(37)11-16-30)14-17-32(31)51-25(3)7-5-6-18-50-33(23)21-43(4)35(47)41-28-12-8-26(9-13-28)36(38,39)40/h8-17,19,23-25,33,42,45H,5-7,18,20-22H2,1-4H3,(H,41,47)/t23-,24-,25+,33+/m1/s1. The van der Waals surface area contributed by atoms with Crippen molar-refractivity contribution in [3.05, 3.63) is 82.9 Å². The number of carbonyl (C=O) groups excluding carboxylic acids is 2. The van der Waals surface area contributed by atoms with E-state index in [-0.39, 0.29) is 53.4 Å². The topological polar surface area (TPSA) is 138 Å². The number of sulfonamides is 1. The molecule has 11 nitrogen and oxygen atoms in total. The highest BCUT2D eigenvalue weighted by Gasteiger charge is 2.32. The lowest BCUT2D eigenvalue weighted by molar-refractivity contribution is -0.137. The van der Waals surface area contributed by atoms with Crippen LogP contribution in [0, 0.1) is 5.92 Å². The third-order valence-corrected chi connectivity index (χ3v) is 10.3. The molecule has 3 aromatic carbocycles. The Hall–Kier alpha value is -4.05. The third kappa shape index (κ3) is 11.0. The molecular formula is C36H44ClF3N4O7S. The number of halogens is 4. The van der Waals surface area contributed by atoms with Gasteiger partial charge in [0.25, 0.3) is 15.9 Å². The minimum absolute atomic E-state index is 0.0263. The summed E-state index contributed by atoms with van der Waals surface area (Å²) in [5, 5.41) is 13.2. The summed E-state index contributed by atoms with van der Waals surface area (Å²) < 4.78 is 80.3. The van der Waals surface area contributed by atoms with E-state index in [9.17, 15) is 36.3 Å². The first-order valence-electron chi connectivity index (χ1n) is 16.8. The Morgan fingerprint density at radius 2 is 1.71 bits per heavy atom. The number of fused-ring (bicyclic) bond motifs is 1. The zero-order valence-corrected chi connectivity index (χ0v) is 30.9. The molecule has 1 heterocycles. The molecular weight excluding hydrogens is 725 g/mol. The van der Waals surface area contributed by atoms with Crippen molar-refractivity contribution in [1.29, 1.82) is 0 Å². The number of likely N-dealkylation sites (N-methyl/N-ethyl adjacent to an activating group) is 1. The number of nitrogens with zero attached hydrogens (tertiary/aromatic N) is 2. The summed E-state index contributed by atoms with van der Waals surface area (Å²) in [5.41, 5.74) is -0.455. The number of benzene rings is 3. The molecule has 16 heteroatoms. The lowest BCUT2D eigenvalue weighted by Gasteiger charge is -2.35. The number of hydrogen-bond acceptors (Lipinski definition) is 7. The number of nitrogens with one attached hydrogen (secondary N) is 2. The Morgan fingerprint density at radius 3 is 2.35 bits per heavy atom. The van der Waals surface area contributed by atoms with Crippen molar-refractivity contribution in [3.8, 4) is 5.75 Å². The minimum Gasteiger partial charge on any atom is -0.490 e. The van der Waals surface area contributed by atoms with E-state index in [0.717, 1.165) is 18.6 Å². The first-order chi connectivity index (χ1) is 24.5. The van der Waals surface area contributed by atoms with Gasteiger partial charge in [0.15, 0.2) is 0 Å². The number of urea groups is 1. The largest absolute Gasteiger partial charge is 0.490 e. The molecule has 1 aliphatic rings. The Labute approximate surface area is 307 Å². The van der Waals surface area contributed by atoms with Crippen LogP contribution in [0.4, 0.5) is 29.3 Å². The van der Waals surface area contributed by atoms with Crippen LogP contribution in [0.1, 0.15) is 56.0 Å². The molecule has 0 fully saturated rings. The van der Waals surface area contributed by atoms with Crippen LogP contribution >= 0.6 is 11.6 Å². The predicted octanol–water partition coefficient (Wildman–Crippen LogP) is 7.12. The third-order valence-electron chi connectivity index (χ3n) is 8.69. The number of aliphatic hydroxyl groups excluding tert-OH is 1. The summed E-state index contributed by atoms with van der Waals surface area (Å²) >= 11 is 5.93. The fraction of sp³-hybridized carbons (Fsp3) is 0.444. The molecule has 1 aliphatic heterocycles. The smallest absolute Gasteiger partial charge is 0.416 e. The molecule has 0 aliphatic carbocycles. The maximum atomic E-state index is 14.4. The zero-order valence-electron chi connectivity index (χ0n) is 29.3. The van der Waals surface area contributed by atoms with Crippen LogP contribution in [0.15, 0.2) is 71.6 Å². The number of anilines is 2. The zero-order chi connectivity index (χ0) is 38.2. The average Bonchev–Trinajstić information content (AvgIpc) is 3.09. The Kier molecular flexibility index (Phi) is 13.8. The molecule has 0 unspecified atom stereocenters. The normalized spacial score (nSPS) is 19.8. The number of alkyl halides is 3. The first-order valence-corrected chi connectivity index (χ1v) is 18.7. The molecule has 4 atom stereocenters. The van der Waals surface area contributed by atoms with Crippen molar-refractivity contribution >= 4 is 44.9 Å². The maximum Gasteiger partial charge on any atom is 0.416 e. The van der Waals surface area contributed by atoms with E-state index in [0.29, 0.717) is 24.5 Å². The van der Waals surface area contributed by atoms with Crippen LogP contribution in [0.3, 0.4) is 0 Å². The summed E-state index contributed by atoms with van der Waals surface area (Å²) in [7, 11) is -2.51. The van der Waals surface area contributed by atoms with Crippen LogP contribution in [0.25, 0.3) is 0 Å². The van der Waals surface area contributed by atoms with Gasteiger partial charge in [0, 0.05) is 49.1 Å². The van der Waals surface area contributed by atoms with Gasteiger partial charge < -0.3 is 29.7 Å². The summed E-state index contributed by atoms with van der Waals surface area (Å²) in [4.78, 5) is 30.2. The molecule has 0 saturated heterocycles. The van der Waals surface area contributed by atoms with Crippen molar-refractivity contribution in [2.45, 2.75) is 69.4 Å². The van der Waals surface area contributed by atoms with Gasteiger partial charge in [-0.15, -0.1) is 0 Å². The van der Waals surface area contributed by atoms with Crippen LogP contribution in [0.2, 0.25) is 5.02 Å². The molecule has 0 saturated carbocycles. The molecule has 0 bridgehead atoms. The number of hydrogen-bond donors (Lipinski definition) is 3. The van der Waals surface area contributed by atoms with Gasteiger partial charge in [0.1, 0.15) is 5.75 Å². The average molecular weight is 769 g/mol. The summed E-state index contributed by atoms with van der Waals surface area (Å²) in [6, 6.07) is 12.9. The van der Waals surface area contributed by atoms with Crippen molar-refractivity contribution in [2.24, 2.45) is 5.92 Å². The van der Waals surface area contributed by atoms with Crippen LogP contribution < -0.4 is 14.8 Å². The van der Waals surface area contributed by atoms with Crippen LogP contribution in [0.5, 0.6) is 5.75 Å². The van der Waals surface area contributed by atoms with E-state index < -0.39 is 51.8 Å². The molecule has 0 radical (unpaired) electrons. The van der Waals surface area contributed by atoms with Gasteiger partial charge in [-0.05, 0) is 99.8 Å². The highest BCUT2D eigenvalue weighted by molar-refractivity contribution is 7.92. The van der Waals surface area contributed by atoms with E-state index >= 15 is 0 Å². The van der Waals surface area contributed by atoms with Gasteiger partial charge in [-0.25, -0.2) is 13.2 Å². The van der Waals surface area contributed by atoms with Crippen LogP contribution in [-0.2, 0) is 20.9 Å². The minimum atomic E-state index is -4.51. The number of rotatable bonds is 8. The van der Waals surface area contributed by atoms with Crippen molar-refractivity contribution in [3.63, 3.8) is 0 Å². The van der Waals surface area contributed by atoms with Crippen molar-refractivity contribution in [1.82, 2.24) is 9.80 Å². The fourth-order valence-electron chi connectivity index (χ4n) is 5.59. The lowest BCUT2D eigenvalue weighted by Crippen LogP contribution is -2.48. The lowest BCUT2D eigenvalue weighted by atomic mass is 10.0. The molecule has 0 aromatic heterocycles. The van der Waals surface area contributed by atoms with E-state index in [2.05, 4.69) is 10.0 Å². The second kappa shape index (κ2) is 17.6. The van der Waals surface area contributed by atoms with Crippen molar-refractivity contribution < 1.29 is 45.8 Å². The van der Waals surface area contributed by atoms with Gasteiger partial charge in [0.2, 0.25) is 0 Å². The number of ether oxygens (including phenoxy) is 2. The van der Waals surface area contributed by atoms with Gasteiger partial charge in [-0.3, -0.25) is 9.52 Å². The van der Waals surface area contributed by atoms with Crippen LogP contribution in [-0.4, -0.2) is 86.9 Å². The maximum absolute atomic E-state index is 14.4. The second-order valence-electron chi connectivity index (χ2n) is 13.0. The SMILES string of the molecule is C[C@@H]1CN([C@H](C)CO)C(=O)c2cc(NS(=O)(=O)c3ccc(Cl)cc3)ccc2O[C@@H](C)CCCCO[C@H]1CN(C)C(=O)Nc1ccc(C(F)(F)F)cc1. The first kappa shape index (κ1) is 40.7. The number of carbonyl (C=O) groups is 2. The van der Waals surface area contributed by atoms with Crippen molar-refractivity contribution in [2.75, 3.05) is 43.4 Å². The van der Waals surface area contributed by atoms with E-state index in [1.807, 2.05) is 13.8 Å². The summed E-state index contributed by atoms with van der Waals surface area (Å²) in [6.07, 6.45) is -3.39. The summed E-state index contributed by atoms with van der Waals surface area (Å²) in [5.74, 6) is -0.663. The van der Waals surface area contributed by atoms with E-state index in [1.165, 1.54) is 71.4 Å². The molecule has 3 amide bonds. The Morgan fingerprint density at radius 1 is 1.06 bits per heavy atom. The highest BCUT2D eigenvalue weighted by atomic mass is 35.5. The predicted molar refractivity (Wildman–Crippen MR) is 192 cm³/mol. The van der Waals surface area contributed by atoms with E-state index in [1.54, 1.807) is 6.92 Å².